The summed E-state index contributed by atoms with van der Waals surface area (Å²) in [4.78, 5) is 12.4. The number of carbonyl (C=O) groups excluding carboxylic acids is 1. The van der Waals surface area contributed by atoms with Crippen molar-refractivity contribution in [2.75, 3.05) is 13.7 Å². The largest absolute Gasteiger partial charge is 0.466 e. The van der Waals surface area contributed by atoms with Crippen LogP contribution in [-0.4, -0.2) is 32.3 Å². The first-order chi connectivity index (χ1) is 12.3. The highest BCUT2D eigenvalue weighted by Gasteiger charge is 2.40. The summed E-state index contributed by atoms with van der Waals surface area (Å²) in [6, 6.07) is 13.5. The van der Waals surface area contributed by atoms with E-state index in [2.05, 4.69) is 0 Å². The van der Waals surface area contributed by atoms with Crippen molar-refractivity contribution in [2.24, 2.45) is 0 Å². The molecule has 136 valence electrons. The number of hydrogen-bond donors (Lipinski definition) is 0. The second kappa shape index (κ2) is 7.05. The van der Waals surface area contributed by atoms with Gasteiger partial charge in [-0.1, -0.05) is 53.6 Å². The van der Waals surface area contributed by atoms with Gasteiger partial charge in [-0.25, -0.2) is 13.2 Å². The van der Waals surface area contributed by atoms with Crippen molar-refractivity contribution in [3.63, 3.8) is 0 Å². The molecular weight excluding hydrogens is 350 g/mol. The van der Waals surface area contributed by atoms with Crippen LogP contribution in [0.1, 0.15) is 22.7 Å². The van der Waals surface area contributed by atoms with Gasteiger partial charge in [-0.3, -0.25) is 0 Å². The molecule has 5 nitrogen and oxygen atoms in total. The van der Waals surface area contributed by atoms with E-state index in [1.54, 1.807) is 30.3 Å². The van der Waals surface area contributed by atoms with Crippen molar-refractivity contribution in [1.29, 1.82) is 0 Å². The molecule has 0 amide bonds. The van der Waals surface area contributed by atoms with E-state index >= 15 is 0 Å². The minimum atomic E-state index is -3.76. The Morgan fingerprint density at radius 3 is 2.08 bits per heavy atom. The third-order valence-corrected chi connectivity index (χ3v) is 6.36. The van der Waals surface area contributed by atoms with E-state index in [0.717, 1.165) is 16.7 Å². The van der Waals surface area contributed by atoms with E-state index < -0.39 is 22.0 Å². The predicted octanol–water partition coefficient (Wildman–Crippen LogP) is 3.15. The van der Waals surface area contributed by atoms with E-state index in [1.807, 2.05) is 38.1 Å². The summed E-state index contributed by atoms with van der Waals surface area (Å²) in [6.07, 6.45) is 1.63. The first-order valence-corrected chi connectivity index (χ1v) is 9.72. The third kappa shape index (κ3) is 3.30. The van der Waals surface area contributed by atoms with Crippen LogP contribution in [0.15, 0.2) is 65.1 Å². The SMILES string of the molecule is COC(=O)C1=CCN(S(=O)(=O)c2ccc(C)cc2)[C@@H]1c1ccc(C)cc1. The number of carbonyl (C=O) groups is 1. The molecule has 6 heteroatoms. The Kier molecular flexibility index (Phi) is 4.98. The first kappa shape index (κ1) is 18.4. The third-order valence-electron chi connectivity index (χ3n) is 4.52. The topological polar surface area (TPSA) is 63.7 Å². The molecule has 1 atom stereocenters. The summed E-state index contributed by atoms with van der Waals surface area (Å²) < 4.78 is 32.6. The highest BCUT2D eigenvalue weighted by molar-refractivity contribution is 7.89. The lowest BCUT2D eigenvalue weighted by molar-refractivity contribution is -0.136. The van der Waals surface area contributed by atoms with Crippen molar-refractivity contribution >= 4 is 16.0 Å². The monoisotopic (exact) mass is 371 g/mol. The number of nitrogens with zero attached hydrogens (tertiary/aromatic N) is 1. The van der Waals surface area contributed by atoms with Crippen LogP contribution >= 0.6 is 0 Å². The van der Waals surface area contributed by atoms with E-state index in [1.165, 1.54) is 11.4 Å². The van der Waals surface area contributed by atoms with Gasteiger partial charge in [-0.05, 0) is 31.5 Å². The molecule has 2 aromatic rings. The quantitative estimate of drug-likeness (QED) is 0.775. The summed E-state index contributed by atoms with van der Waals surface area (Å²) in [6.45, 7) is 3.98. The number of methoxy groups -OCH3 is 1. The molecular formula is C20H21NO4S. The van der Waals surface area contributed by atoms with Crippen LogP contribution in [0.25, 0.3) is 0 Å². The number of benzene rings is 2. The molecule has 0 saturated carbocycles. The Bertz CT molecular complexity index is 944. The molecule has 0 N–H and O–H groups in total. The van der Waals surface area contributed by atoms with Crippen molar-refractivity contribution < 1.29 is 17.9 Å². The van der Waals surface area contributed by atoms with Gasteiger partial charge in [-0.2, -0.15) is 4.31 Å². The molecule has 1 aliphatic rings. The molecule has 1 heterocycles. The standard InChI is InChI=1S/C20H21NO4S/c1-14-4-8-16(9-5-14)19-18(20(22)25-3)12-13-21(19)26(23,24)17-10-6-15(2)7-11-17/h4-12,19H,13H2,1-3H3/t19-/m1/s1. The van der Waals surface area contributed by atoms with Gasteiger partial charge in [0, 0.05) is 6.54 Å². The minimum absolute atomic E-state index is 0.124. The average Bonchev–Trinajstić information content (AvgIpc) is 3.08. The molecule has 0 saturated heterocycles. The lowest BCUT2D eigenvalue weighted by Crippen LogP contribution is -2.33. The lowest BCUT2D eigenvalue weighted by Gasteiger charge is -2.26. The van der Waals surface area contributed by atoms with Crippen LogP contribution < -0.4 is 0 Å². The van der Waals surface area contributed by atoms with Crippen LogP contribution in [-0.2, 0) is 19.6 Å². The average molecular weight is 371 g/mol. The Hall–Kier alpha value is -2.44. The van der Waals surface area contributed by atoms with Gasteiger partial charge in [0.25, 0.3) is 0 Å². The Balaban J connectivity index is 2.06. The second-order valence-electron chi connectivity index (χ2n) is 6.35. The summed E-state index contributed by atoms with van der Waals surface area (Å²) >= 11 is 0. The first-order valence-electron chi connectivity index (χ1n) is 8.28. The van der Waals surface area contributed by atoms with E-state index in [0.29, 0.717) is 5.57 Å². The maximum Gasteiger partial charge on any atom is 0.335 e. The zero-order valence-corrected chi connectivity index (χ0v) is 15.8. The van der Waals surface area contributed by atoms with Gasteiger partial charge in [0.2, 0.25) is 10.0 Å². The Morgan fingerprint density at radius 1 is 1.00 bits per heavy atom. The van der Waals surface area contributed by atoms with E-state index in [-0.39, 0.29) is 11.4 Å². The van der Waals surface area contributed by atoms with Gasteiger partial charge in [0.1, 0.15) is 0 Å². The second-order valence-corrected chi connectivity index (χ2v) is 8.24. The van der Waals surface area contributed by atoms with E-state index in [4.69, 9.17) is 4.74 Å². The maximum atomic E-state index is 13.2. The number of rotatable bonds is 4. The number of esters is 1. The van der Waals surface area contributed by atoms with Crippen LogP contribution in [0.2, 0.25) is 0 Å². The highest BCUT2D eigenvalue weighted by atomic mass is 32.2. The lowest BCUT2D eigenvalue weighted by atomic mass is 10.00. The normalized spacial score (nSPS) is 17.8. The minimum Gasteiger partial charge on any atom is -0.466 e. The van der Waals surface area contributed by atoms with Crippen molar-refractivity contribution in [1.82, 2.24) is 4.31 Å². The predicted molar refractivity (Wildman–Crippen MR) is 99.1 cm³/mol. The number of aryl methyl sites for hydroxylation is 2. The molecule has 0 radical (unpaired) electrons. The molecule has 0 spiro atoms. The zero-order valence-electron chi connectivity index (χ0n) is 15.0. The smallest absolute Gasteiger partial charge is 0.335 e. The van der Waals surface area contributed by atoms with Crippen LogP contribution in [0.4, 0.5) is 0 Å². The molecule has 0 bridgehead atoms. The maximum absolute atomic E-state index is 13.2. The van der Waals surface area contributed by atoms with Crippen LogP contribution in [0.3, 0.4) is 0 Å². The molecule has 2 aromatic carbocycles. The number of hydrogen-bond acceptors (Lipinski definition) is 4. The van der Waals surface area contributed by atoms with Gasteiger partial charge >= 0.3 is 5.97 Å². The summed E-state index contributed by atoms with van der Waals surface area (Å²) in [5.41, 5.74) is 3.12. The van der Waals surface area contributed by atoms with Gasteiger partial charge < -0.3 is 4.74 Å². The fourth-order valence-corrected chi connectivity index (χ4v) is 4.58. The van der Waals surface area contributed by atoms with Crippen molar-refractivity contribution in [3.05, 3.63) is 76.9 Å². The molecule has 1 aliphatic heterocycles. The summed E-state index contributed by atoms with van der Waals surface area (Å²) in [7, 11) is -2.47. The van der Waals surface area contributed by atoms with Gasteiger partial charge in [0.15, 0.2) is 0 Å². The van der Waals surface area contributed by atoms with E-state index in [9.17, 15) is 13.2 Å². The van der Waals surface area contributed by atoms with Crippen LogP contribution in [0, 0.1) is 13.8 Å². The Morgan fingerprint density at radius 2 is 1.54 bits per heavy atom. The molecule has 0 aromatic heterocycles. The molecule has 0 aliphatic carbocycles. The van der Waals surface area contributed by atoms with Crippen LogP contribution in [0.5, 0.6) is 0 Å². The molecule has 3 rings (SSSR count). The molecule has 0 unspecified atom stereocenters. The van der Waals surface area contributed by atoms with Crippen molar-refractivity contribution in [2.45, 2.75) is 24.8 Å². The zero-order chi connectivity index (χ0) is 18.9. The van der Waals surface area contributed by atoms with Gasteiger partial charge in [0.05, 0.1) is 23.6 Å². The number of ether oxygens (including phenoxy) is 1. The molecule has 0 fully saturated rings. The fraction of sp³-hybridized carbons (Fsp3) is 0.250. The summed E-state index contributed by atoms with van der Waals surface area (Å²) in [5, 5.41) is 0. The molecule has 26 heavy (non-hydrogen) atoms. The summed E-state index contributed by atoms with van der Waals surface area (Å²) in [5.74, 6) is -0.516. The van der Waals surface area contributed by atoms with Crippen molar-refractivity contribution in [3.8, 4) is 0 Å². The van der Waals surface area contributed by atoms with Gasteiger partial charge in [-0.15, -0.1) is 0 Å². The highest BCUT2D eigenvalue weighted by Crippen LogP contribution is 2.38. The Labute approximate surface area is 154 Å². The number of sulfonamides is 1. The fourth-order valence-electron chi connectivity index (χ4n) is 3.05.